The van der Waals surface area contributed by atoms with Crippen molar-refractivity contribution in [3.63, 3.8) is 0 Å². The van der Waals surface area contributed by atoms with Crippen LogP contribution in [-0.4, -0.2) is 42.6 Å². The third-order valence-corrected chi connectivity index (χ3v) is 7.02. The highest BCUT2D eigenvalue weighted by Crippen LogP contribution is 2.24. The van der Waals surface area contributed by atoms with E-state index in [-0.39, 0.29) is 37.7 Å². The van der Waals surface area contributed by atoms with Gasteiger partial charge in [-0.05, 0) is 29.3 Å². The molecule has 0 aromatic heterocycles. The summed E-state index contributed by atoms with van der Waals surface area (Å²) in [5.41, 5.74) is 1.24. The van der Waals surface area contributed by atoms with E-state index in [1.807, 2.05) is 0 Å². The van der Waals surface area contributed by atoms with Gasteiger partial charge in [-0.25, -0.2) is 4.39 Å². The van der Waals surface area contributed by atoms with Gasteiger partial charge in [-0.1, -0.05) is 47.5 Å². The monoisotopic (exact) mass is 445 g/mol. The van der Waals surface area contributed by atoms with Crippen LogP contribution in [0.5, 0.6) is 0 Å². The van der Waals surface area contributed by atoms with E-state index in [0.717, 1.165) is 15.9 Å². The lowest BCUT2D eigenvalue weighted by Crippen LogP contribution is -2.40. The van der Waals surface area contributed by atoms with Crippen LogP contribution in [0.4, 0.5) is 4.39 Å². The number of nitrogens with zero attached hydrogens (tertiary/aromatic N) is 2. The molecule has 1 aliphatic heterocycles. The first-order valence-electron chi connectivity index (χ1n) is 8.46. The summed E-state index contributed by atoms with van der Waals surface area (Å²) < 4.78 is 40.8. The molecule has 1 amide bonds. The molecule has 2 aromatic carbocycles. The van der Waals surface area contributed by atoms with E-state index in [2.05, 4.69) is 5.32 Å². The molecule has 6 nitrogen and oxygen atoms in total. The van der Waals surface area contributed by atoms with E-state index in [1.165, 1.54) is 16.4 Å². The highest BCUT2D eigenvalue weighted by atomic mass is 35.5. The molecule has 10 heteroatoms. The van der Waals surface area contributed by atoms with Crippen LogP contribution in [0.3, 0.4) is 0 Å². The number of amides is 1. The summed E-state index contributed by atoms with van der Waals surface area (Å²) in [5, 5.41) is 3.36. The fourth-order valence-electron chi connectivity index (χ4n) is 2.83. The number of halogens is 3. The molecule has 2 aromatic rings. The summed E-state index contributed by atoms with van der Waals surface area (Å²) in [6.45, 7) is 0.329. The molecule has 1 saturated heterocycles. The van der Waals surface area contributed by atoms with Crippen molar-refractivity contribution in [3.8, 4) is 0 Å². The van der Waals surface area contributed by atoms with Crippen LogP contribution < -0.4 is 5.32 Å². The average molecular weight is 446 g/mol. The van der Waals surface area contributed by atoms with Crippen LogP contribution in [0.2, 0.25) is 10.0 Å². The summed E-state index contributed by atoms with van der Waals surface area (Å²) in [4.78, 5) is 12.2. The van der Waals surface area contributed by atoms with Gasteiger partial charge in [-0.3, -0.25) is 4.79 Å². The summed E-state index contributed by atoms with van der Waals surface area (Å²) in [6.07, 6.45) is 0. The number of carbonyl (C=O) groups excluding carboxylic acids is 1. The topological polar surface area (TPSA) is 69.7 Å². The second kappa shape index (κ2) is 8.75. The van der Waals surface area contributed by atoms with Gasteiger partial charge >= 0.3 is 0 Å². The van der Waals surface area contributed by atoms with Gasteiger partial charge in [0.1, 0.15) is 5.82 Å². The van der Waals surface area contributed by atoms with Crippen LogP contribution in [0.25, 0.3) is 0 Å². The third kappa shape index (κ3) is 4.82. The van der Waals surface area contributed by atoms with Crippen molar-refractivity contribution in [3.05, 3.63) is 69.5 Å². The molecule has 0 saturated carbocycles. The number of hydrogen-bond donors (Lipinski definition) is 1. The van der Waals surface area contributed by atoms with E-state index in [4.69, 9.17) is 23.2 Å². The van der Waals surface area contributed by atoms with Gasteiger partial charge in [-0.15, -0.1) is 0 Å². The van der Waals surface area contributed by atoms with Crippen LogP contribution in [0.1, 0.15) is 11.1 Å². The minimum Gasteiger partial charge on any atom is -0.351 e. The molecule has 150 valence electrons. The molecule has 0 atom stereocenters. The van der Waals surface area contributed by atoms with Crippen LogP contribution >= 0.6 is 23.2 Å². The molecule has 0 spiro atoms. The quantitative estimate of drug-likeness (QED) is 0.742. The standard InChI is InChI=1S/C18H18Cl2FN3O3S/c19-16-4-2-1-3-13(16)10-22-18(25)12-24-8-7-23(28(24,26)27)11-14-5-6-15(21)9-17(14)20/h1-6,9H,7-8,10-12H2,(H,22,25). The predicted molar refractivity (Wildman–Crippen MR) is 106 cm³/mol. The molecule has 1 fully saturated rings. The maximum atomic E-state index is 13.2. The van der Waals surface area contributed by atoms with Crippen molar-refractivity contribution in [1.82, 2.24) is 13.9 Å². The number of rotatable bonds is 6. The minimum atomic E-state index is -3.81. The summed E-state index contributed by atoms with van der Waals surface area (Å²) >= 11 is 12.0. The Morgan fingerprint density at radius 2 is 1.75 bits per heavy atom. The number of nitrogens with one attached hydrogen (secondary N) is 1. The molecular weight excluding hydrogens is 428 g/mol. The normalized spacial score (nSPS) is 17.0. The molecule has 1 heterocycles. The molecule has 0 bridgehead atoms. The van der Waals surface area contributed by atoms with Gasteiger partial charge < -0.3 is 5.32 Å². The van der Waals surface area contributed by atoms with Crippen molar-refractivity contribution in [2.45, 2.75) is 13.1 Å². The van der Waals surface area contributed by atoms with Crippen LogP contribution in [-0.2, 0) is 28.1 Å². The molecule has 1 aliphatic rings. The minimum absolute atomic E-state index is 0.0131. The third-order valence-electron chi connectivity index (χ3n) is 4.37. The number of carbonyl (C=O) groups is 1. The van der Waals surface area contributed by atoms with Gasteiger partial charge in [0.2, 0.25) is 5.91 Å². The highest BCUT2D eigenvalue weighted by molar-refractivity contribution is 7.87. The molecule has 0 unspecified atom stereocenters. The first-order valence-corrected chi connectivity index (χ1v) is 10.6. The number of benzene rings is 2. The first-order chi connectivity index (χ1) is 13.3. The lowest BCUT2D eigenvalue weighted by atomic mass is 10.2. The Labute approximate surface area is 173 Å². The molecule has 0 radical (unpaired) electrons. The fraction of sp³-hybridized carbons (Fsp3) is 0.278. The maximum Gasteiger partial charge on any atom is 0.282 e. The lowest BCUT2D eigenvalue weighted by Gasteiger charge is -2.19. The predicted octanol–water partition coefficient (Wildman–Crippen LogP) is 2.81. The van der Waals surface area contributed by atoms with Gasteiger partial charge in [0.25, 0.3) is 10.2 Å². The summed E-state index contributed by atoms with van der Waals surface area (Å²) in [5.74, 6) is -0.917. The second-order valence-electron chi connectivity index (χ2n) is 6.28. The van der Waals surface area contributed by atoms with E-state index in [1.54, 1.807) is 24.3 Å². The Morgan fingerprint density at radius 1 is 1.04 bits per heavy atom. The molecular formula is C18H18Cl2FN3O3S. The van der Waals surface area contributed by atoms with Gasteiger partial charge in [-0.2, -0.15) is 17.0 Å². The average Bonchev–Trinajstić information content (AvgIpc) is 2.91. The highest BCUT2D eigenvalue weighted by Gasteiger charge is 2.37. The van der Waals surface area contributed by atoms with Crippen molar-refractivity contribution < 1.29 is 17.6 Å². The van der Waals surface area contributed by atoms with Crippen LogP contribution in [0.15, 0.2) is 42.5 Å². The van der Waals surface area contributed by atoms with E-state index in [9.17, 15) is 17.6 Å². The van der Waals surface area contributed by atoms with E-state index in [0.29, 0.717) is 10.6 Å². The summed E-state index contributed by atoms with van der Waals surface area (Å²) in [7, 11) is -3.81. The van der Waals surface area contributed by atoms with Crippen molar-refractivity contribution in [2.24, 2.45) is 0 Å². The van der Waals surface area contributed by atoms with Gasteiger partial charge in [0.05, 0.1) is 6.54 Å². The zero-order valence-corrected chi connectivity index (χ0v) is 17.1. The molecule has 3 rings (SSSR count). The number of hydrogen-bond acceptors (Lipinski definition) is 3. The van der Waals surface area contributed by atoms with Crippen molar-refractivity contribution in [2.75, 3.05) is 19.6 Å². The smallest absolute Gasteiger partial charge is 0.282 e. The molecule has 1 N–H and O–H groups in total. The Hall–Kier alpha value is -1.71. The maximum absolute atomic E-state index is 13.2. The second-order valence-corrected chi connectivity index (χ2v) is 9.02. The zero-order valence-electron chi connectivity index (χ0n) is 14.7. The lowest BCUT2D eigenvalue weighted by molar-refractivity contribution is -0.121. The first kappa shape index (κ1) is 21.0. The van der Waals surface area contributed by atoms with Crippen molar-refractivity contribution >= 4 is 39.3 Å². The van der Waals surface area contributed by atoms with E-state index < -0.39 is 21.9 Å². The van der Waals surface area contributed by atoms with Gasteiger partial charge in [0.15, 0.2) is 0 Å². The summed E-state index contributed by atoms with van der Waals surface area (Å²) in [6, 6.07) is 10.9. The Bertz CT molecular complexity index is 988. The van der Waals surface area contributed by atoms with Crippen LogP contribution in [0, 0.1) is 5.82 Å². The Balaban J connectivity index is 1.59. The largest absolute Gasteiger partial charge is 0.351 e. The SMILES string of the molecule is O=C(CN1CCN(Cc2ccc(F)cc2Cl)S1(=O)=O)NCc1ccccc1Cl. The molecule has 0 aliphatic carbocycles. The fourth-order valence-corrected chi connectivity index (χ4v) is 4.79. The molecule has 28 heavy (non-hydrogen) atoms. The van der Waals surface area contributed by atoms with E-state index >= 15 is 0 Å². The van der Waals surface area contributed by atoms with Gasteiger partial charge in [0, 0.05) is 36.2 Å². The van der Waals surface area contributed by atoms with Crippen molar-refractivity contribution in [1.29, 1.82) is 0 Å². The zero-order chi connectivity index (χ0) is 20.3. The Kier molecular flexibility index (Phi) is 6.57. The Morgan fingerprint density at radius 3 is 2.46 bits per heavy atom.